The monoisotopic (exact) mass is 415 g/mol. The molecule has 3 heterocycles. The number of nitriles is 1. The number of amides is 1. The maximum Gasteiger partial charge on any atom is 0.260 e. The third-order valence-corrected chi connectivity index (χ3v) is 6.77. The first-order valence-electron chi connectivity index (χ1n) is 9.31. The SMILES string of the molecule is Cc1nc2c(cc(OCC(=O)N(CCC#N)C3CCOCC3)c3ccsc32)s1. The summed E-state index contributed by atoms with van der Waals surface area (Å²) in [5.74, 6) is 0.638. The second-order valence-electron chi connectivity index (χ2n) is 6.75. The Morgan fingerprint density at radius 2 is 2.29 bits per heavy atom. The lowest BCUT2D eigenvalue weighted by Gasteiger charge is -2.33. The normalized spacial score (nSPS) is 15.0. The molecule has 28 heavy (non-hydrogen) atoms. The summed E-state index contributed by atoms with van der Waals surface area (Å²) >= 11 is 3.27. The van der Waals surface area contributed by atoms with E-state index in [0.29, 0.717) is 31.9 Å². The van der Waals surface area contributed by atoms with Crippen molar-refractivity contribution in [2.75, 3.05) is 26.4 Å². The van der Waals surface area contributed by atoms with E-state index in [2.05, 4.69) is 11.1 Å². The minimum Gasteiger partial charge on any atom is -0.483 e. The molecule has 6 nitrogen and oxygen atoms in total. The van der Waals surface area contributed by atoms with Crippen molar-refractivity contribution in [1.29, 1.82) is 5.26 Å². The van der Waals surface area contributed by atoms with Crippen LogP contribution in [-0.4, -0.2) is 48.2 Å². The smallest absolute Gasteiger partial charge is 0.260 e. The van der Waals surface area contributed by atoms with Crippen LogP contribution in [0.1, 0.15) is 24.3 Å². The summed E-state index contributed by atoms with van der Waals surface area (Å²) in [6.07, 6.45) is 1.93. The number of carbonyl (C=O) groups is 1. The number of benzene rings is 1. The molecule has 0 saturated carbocycles. The molecule has 0 aliphatic carbocycles. The minimum absolute atomic E-state index is 0.0307. The Morgan fingerprint density at radius 3 is 3.07 bits per heavy atom. The van der Waals surface area contributed by atoms with E-state index in [1.807, 2.05) is 24.4 Å². The Balaban J connectivity index is 1.54. The van der Waals surface area contributed by atoms with Gasteiger partial charge in [-0.25, -0.2) is 4.98 Å². The number of aryl methyl sites for hydroxylation is 1. The second kappa shape index (κ2) is 8.43. The predicted molar refractivity (Wildman–Crippen MR) is 111 cm³/mol. The molecular weight excluding hydrogens is 394 g/mol. The van der Waals surface area contributed by atoms with Gasteiger partial charge in [0.1, 0.15) is 5.75 Å². The van der Waals surface area contributed by atoms with Crippen LogP contribution in [0.15, 0.2) is 17.5 Å². The Bertz CT molecular complexity index is 1030. The highest BCUT2D eigenvalue weighted by molar-refractivity contribution is 7.21. The van der Waals surface area contributed by atoms with Gasteiger partial charge >= 0.3 is 0 Å². The van der Waals surface area contributed by atoms with Gasteiger partial charge in [0.2, 0.25) is 0 Å². The highest BCUT2D eigenvalue weighted by atomic mass is 32.1. The molecule has 0 unspecified atom stereocenters. The van der Waals surface area contributed by atoms with Crippen molar-refractivity contribution in [1.82, 2.24) is 9.88 Å². The molecule has 4 rings (SSSR count). The number of nitrogens with zero attached hydrogens (tertiary/aromatic N) is 3. The van der Waals surface area contributed by atoms with Crippen LogP contribution < -0.4 is 4.74 Å². The Hall–Kier alpha value is -2.21. The zero-order valence-corrected chi connectivity index (χ0v) is 17.3. The molecule has 1 aliphatic rings. The Morgan fingerprint density at radius 1 is 1.46 bits per heavy atom. The van der Waals surface area contributed by atoms with Crippen LogP contribution in [0.5, 0.6) is 5.75 Å². The van der Waals surface area contributed by atoms with Gasteiger partial charge in [0.15, 0.2) is 6.61 Å². The van der Waals surface area contributed by atoms with E-state index in [1.165, 1.54) is 0 Å². The van der Waals surface area contributed by atoms with E-state index in [-0.39, 0.29) is 18.6 Å². The van der Waals surface area contributed by atoms with Gasteiger partial charge in [0, 0.05) is 37.3 Å². The molecule has 8 heteroatoms. The molecular formula is C20H21N3O3S2. The molecule has 0 spiro atoms. The minimum atomic E-state index is -0.0777. The van der Waals surface area contributed by atoms with Gasteiger partial charge in [0.05, 0.1) is 32.4 Å². The number of hydrogen-bond acceptors (Lipinski definition) is 7. The summed E-state index contributed by atoms with van der Waals surface area (Å²) in [4.78, 5) is 19.3. The van der Waals surface area contributed by atoms with Crippen LogP contribution in [0.25, 0.3) is 20.3 Å². The maximum absolute atomic E-state index is 12.9. The lowest BCUT2D eigenvalue weighted by molar-refractivity contribution is -0.137. The quantitative estimate of drug-likeness (QED) is 0.605. The van der Waals surface area contributed by atoms with Crippen molar-refractivity contribution in [3.63, 3.8) is 0 Å². The molecule has 2 aromatic heterocycles. The van der Waals surface area contributed by atoms with Crippen molar-refractivity contribution in [2.45, 2.75) is 32.2 Å². The molecule has 1 saturated heterocycles. The van der Waals surface area contributed by atoms with Gasteiger partial charge < -0.3 is 14.4 Å². The molecule has 1 aromatic carbocycles. The fourth-order valence-electron chi connectivity index (χ4n) is 3.61. The van der Waals surface area contributed by atoms with Crippen molar-refractivity contribution < 1.29 is 14.3 Å². The van der Waals surface area contributed by atoms with E-state index >= 15 is 0 Å². The van der Waals surface area contributed by atoms with Crippen LogP contribution in [-0.2, 0) is 9.53 Å². The molecule has 1 amide bonds. The van der Waals surface area contributed by atoms with Crippen molar-refractivity contribution in [3.05, 3.63) is 22.5 Å². The first-order valence-corrected chi connectivity index (χ1v) is 11.0. The van der Waals surface area contributed by atoms with Crippen LogP contribution in [0.4, 0.5) is 0 Å². The number of carbonyl (C=O) groups excluding carboxylic acids is 1. The second-order valence-corrected chi connectivity index (χ2v) is 8.90. The van der Waals surface area contributed by atoms with Gasteiger partial charge in [-0.15, -0.1) is 22.7 Å². The Kier molecular flexibility index (Phi) is 5.76. The number of aromatic nitrogens is 1. The fourth-order valence-corrected chi connectivity index (χ4v) is 5.44. The largest absolute Gasteiger partial charge is 0.483 e. The van der Waals surface area contributed by atoms with Crippen LogP contribution in [0.3, 0.4) is 0 Å². The van der Waals surface area contributed by atoms with E-state index in [4.69, 9.17) is 14.7 Å². The van der Waals surface area contributed by atoms with Gasteiger partial charge in [-0.1, -0.05) is 0 Å². The van der Waals surface area contributed by atoms with E-state index in [1.54, 1.807) is 27.6 Å². The third-order valence-electron chi connectivity index (χ3n) is 4.94. The molecule has 0 bridgehead atoms. The highest BCUT2D eigenvalue weighted by Crippen LogP contribution is 2.38. The zero-order valence-electron chi connectivity index (χ0n) is 15.6. The van der Waals surface area contributed by atoms with E-state index in [0.717, 1.165) is 38.2 Å². The van der Waals surface area contributed by atoms with Crippen LogP contribution in [0.2, 0.25) is 0 Å². The molecule has 3 aromatic rings. The number of thiophene rings is 1. The first-order chi connectivity index (χ1) is 13.7. The number of hydrogen-bond donors (Lipinski definition) is 0. The predicted octanol–water partition coefficient (Wildman–Crippen LogP) is 4.12. The number of thiazole rings is 1. The first kappa shape index (κ1) is 19.1. The highest BCUT2D eigenvalue weighted by Gasteiger charge is 2.26. The van der Waals surface area contributed by atoms with Crippen molar-refractivity contribution in [2.24, 2.45) is 0 Å². The average Bonchev–Trinajstić information content (AvgIpc) is 3.33. The van der Waals surface area contributed by atoms with Crippen molar-refractivity contribution in [3.8, 4) is 11.8 Å². The molecule has 0 atom stereocenters. The van der Waals surface area contributed by atoms with Gasteiger partial charge in [0.25, 0.3) is 5.91 Å². The van der Waals surface area contributed by atoms with E-state index in [9.17, 15) is 4.79 Å². The molecule has 146 valence electrons. The summed E-state index contributed by atoms with van der Waals surface area (Å²) in [6.45, 7) is 3.70. The Labute approximate surface area is 171 Å². The number of rotatable bonds is 6. The van der Waals surface area contributed by atoms with Crippen molar-refractivity contribution >= 4 is 48.9 Å². The summed E-state index contributed by atoms with van der Waals surface area (Å²) in [6, 6.07) is 6.25. The standard InChI is InChI=1S/C20H21N3O3S2/c1-13-22-19-17(28-13)11-16(15-5-10-27-20(15)19)26-12-18(24)23(7-2-6-21)14-3-8-25-9-4-14/h5,10-11,14H,2-4,7-9,12H2,1H3. The van der Waals surface area contributed by atoms with Gasteiger partial charge in [-0.3, -0.25) is 4.79 Å². The van der Waals surface area contributed by atoms with Gasteiger partial charge in [-0.05, 0) is 31.2 Å². The molecule has 1 aliphatic heterocycles. The average molecular weight is 416 g/mol. The molecule has 1 fully saturated rings. The van der Waals surface area contributed by atoms with Crippen LogP contribution >= 0.6 is 22.7 Å². The summed E-state index contributed by atoms with van der Waals surface area (Å²) in [5, 5.41) is 13.0. The van der Waals surface area contributed by atoms with E-state index < -0.39 is 0 Å². The lowest BCUT2D eigenvalue weighted by atomic mass is 10.1. The summed E-state index contributed by atoms with van der Waals surface area (Å²) in [7, 11) is 0. The molecule has 0 radical (unpaired) electrons. The summed E-state index contributed by atoms with van der Waals surface area (Å²) < 4.78 is 13.6. The van der Waals surface area contributed by atoms with Gasteiger partial charge in [-0.2, -0.15) is 5.26 Å². The van der Waals surface area contributed by atoms with Crippen LogP contribution in [0, 0.1) is 18.3 Å². The third kappa shape index (κ3) is 3.83. The fraction of sp³-hybridized carbons (Fsp3) is 0.450. The lowest BCUT2D eigenvalue weighted by Crippen LogP contribution is -2.45. The summed E-state index contributed by atoms with van der Waals surface area (Å²) in [5.41, 5.74) is 1.00. The topological polar surface area (TPSA) is 75.5 Å². The number of ether oxygens (including phenoxy) is 2. The number of fused-ring (bicyclic) bond motifs is 3. The zero-order chi connectivity index (χ0) is 19.5. The maximum atomic E-state index is 12.9. The molecule has 0 N–H and O–H groups in total.